The van der Waals surface area contributed by atoms with Gasteiger partial charge in [0, 0.05) is 6.42 Å². The van der Waals surface area contributed by atoms with Crippen molar-refractivity contribution in [2.45, 2.75) is 38.2 Å². The Kier molecular flexibility index (Phi) is 4.89. The van der Waals surface area contributed by atoms with Gasteiger partial charge >= 0.3 is 5.97 Å². The predicted molar refractivity (Wildman–Crippen MR) is 75.4 cm³/mol. The van der Waals surface area contributed by atoms with Crippen molar-refractivity contribution in [2.75, 3.05) is 6.54 Å². The highest BCUT2D eigenvalue weighted by Crippen LogP contribution is 2.26. The summed E-state index contributed by atoms with van der Waals surface area (Å²) in [5, 5.41) is 20.8. The smallest absolute Gasteiger partial charge is 0.337 e. The lowest BCUT2D eigenvalue weighted by Crippen LogP contribution is -2.47. The fraction of sp³-hybridized carbons (Fsp3) is 0.467. The second-order valence-corrected chi connectivity index (χ2v) is 5.78. The van der Waals surface area contributed by atoms with Gasteiger partial charge in [-0.15, -0.1) is 0 Å². The summed E-state index contributed by atoms with van der Waals surface area (Å²) in [7, 11) is 0. The molecular formula is C15H21NO4. The van der Waals surface area contributed by atoms with Crippen molar-refractivity contribution in [3.63, 3.8) is 0 Å². The van der Waals surface area contributed by atoms with Gasteiger partial charge in [-0.05, 0) is 17.9 Å². The fourth-order valence-electron chi connectivity index (χ4n) is 1.80. The lowest BCUT2D eigenvalue weighted by Gasteiger charge is -2.25. The Morgan fingerprint density at radius 3 is 2.20 bits per heavy atom. The Morgan fingerprint density at radius 2 is 1.70 bits per heavy atom. The maximum Gasteiger partial charge on any atom is 0.337 e. The number of carboxylic acids is 1. The van der Waals surface area contributed by atoms with Crippen LogP contribution in [0.2, 0.25) is 0 Å². The van der Waals surface area contributed by atoms with Crippen LogP contribution in [0.15, 0.2) is 30.3 Å². The van der Waals surface area contributed by atoms with Gasteiger partial charge in [-0.25, -0.2) is 4.79 Å². The molecule has 20 heavy (non-hydrogen) atoms. The molecule has 0 spiro atoms. The Hall–Kier alpha value is -1.88. The van der Waals surface area contributed by atoms with E-state index in [4.69, 9.17) is 5.11 Å². The molecule has 5 heteroatoms. The van der Waals surface area contributed by atoms with Crippen LogP contribution in [-0.2, 0) is 15.0 Å². The molecule has 0 heterocycles. The molecule has 1 amide bonds. The molecule has 0 aromatic heterocycles. The van der Waals surface area contributed by atoms with Gasteiger partial charge in [-0.3, -0.25) is 4.79 Å². The van der Waals surface area contributed by atoms with E-state index in [0.29, 0.717) is 0 Å². The van der Waals surface area contributed by atoms with Gasteiger partial charge in [0.2, 0.25) is 5.91 Å². The largest absolute Gasteiger partial charge is 0.479 e. The fourth-order valence-corrected chi connectivity index (χ4v) is 1.80. The summed E-state index contributed by atoms with van der Waals surface area (Å²) < 4.78 is 0. The van der Waals surface area contributed by atoms with E-state index >= 15 is 0 Å². The summed E-state index contributed by atoms with van der Waals surface area (Å²) >= 11 is 0. The van der Waals surface area contributed by atoms with Crippen molar-refractivity contribution >= 4 is 11.9 Å². The Morgan fingerprint density at radius 1 is 1.15 bits per heavy atom. The molecule has 1 rings (SSSR count). The van der Waals surface area contributed by atoms with Gasteiger partial charge in [0.05, 0.1) is 6.54 Å². The molecule has 1 atom stereocenters. The molecule has 5 nitrogen and oxygen atoms in total. The molecule has 0 aliphatic rings. The van der Waals surface area contributed by atoms with Crippen molar-refractivity contribution in [2.24, 2.45) is 0 Å². The zero-order valence-corrected chi connectivity index (χ0v) is 12.0. The number of carbonyl (C=O) groups excluding carboxylic acids is 1. The first-order valence-electron chi connectivity index (χ1n) is 6.43. The van der Waals surface area contributed by atoms with Crippen molar-refractivity contribution in [1.29, 1.82) is 0 Å². The van der Waals surface area contributed by atoms with Crippen LogP contribution in [0, 0.1) is 0 Å². The highest BCUT2D eigenvalue weighted by molar-refractivity contribution is 5.80. The standard InChI is InChI=1S/C15H21NO4/c1-14(2,11-7-5-4-6-8-11)9-12(17)16-10-15(3,20)13(18)19/h4-8,20H,9-10H2,1-3H3,(H,16,17)(H,18,19). The number of hydrogen-bond acceptors (Lipinski definition) is 3. The van der Waals surface area contributed by atoms with E-state index in [9.17, 15) is 14.7 Å². The van der Waals surface area contributed by atoms with Gasteiger partial charge in [-0.1, -0.05) is 44.2 Å². The van der Waals surface area contributed by atoms with Gasteiger partial charge in [0.1, 0.15) is 0 Å². The molecule has 0 bridgehead atoms. The first-order valence-corrected chi connectivity index (χ1v) is 6.43. The molecule has 0 fully saturated rings. The molecule has 0 aliphatic heterocycles. The molecule has 0 aliphatic carbocycles. The second-order valence-electron chi connectivity index (χ2n) is 5.78. The van der Waals surface area contributed by atoms with Crippen LogP contribution in [0.1, 0.15) is 32.8 Å². The summed E-state index contributed by atoms with van der Waals surface area (Å²) in [6.45, 7) is 4.72. The first kappa shape index (κ1) is 16.2. The molecule has 1 aromatic rings. The van der Waals surface area contributed by atoms with Gasteiger partial charge in [-0.2, -0.15) is 0 Å². The first-order chi connectivity index (χ1) is 9.15. The van der Waals surface area contributed by atoms with Crippen LogP contribution < -0.4 is 5.32 Å². The average Bonchev–Trinajstić information content (AvgIpc) is 2.37. The lowest BCUT2D eigenvalue weighted by molar-refractivity contribution is -0.156. The summed E-state index contributed by atoms with van der Waals surface area (Å²) in [5.74, 6) is -1.65. The summed E-state index contributed by atoms with van der Waals surface area (Å²) in [6.07, 6.45) is 0.215. The summed E-state index contributed by atoms with van der Waals surface area (Å²) in [5.41, 5.74) is -1.28. The normalized spacial score (nSPS) is 14.4. The third kappa shape index (κ3) is 4.35. The van der Waals surface area contributed by atoms with Crippen LogP contribution in [0.4, 0.5) is 0 Å². The van der Waals surface area contributed by atoms with E-state index in [1.807, 2.05) is 44.2 Å². The average molecular weight is 279 g/mol. The molecule has 3 N–H and O–H groups in total. The quantitative estimate of drug-likeness (QED) is 0.732. The Labute approximate surface area is 118 Å². The zero-order chi connectivity index (χ0) is 15.4. The van der Waals surface area contributed by atoms with Crippen LogP contribution in [0.3, 0.4) is 0 Å². The van der Waals surface area contributed by atoms with E-state index in [0.717, 1.165) is 12.5 Å². The van der Waals surface area contributed by atoms with Gasteiger partial charge in [0.15, 0.2) is 5.60 Å². The van der Waals surface area contributed by atoms with Crippen molar-refractivity contribution < 1.29 is 19.8 Å². The van der Waals surface area contributed by atoms with E-state index in [-0.39, 0.29) is 24.3 Å². The SMILES string of the molecule is CC(O)(CNC(=O)CC(C)(C)c1ccccc1)C(=O)O. The van der Waals surface area contributed by atoms with Crippen LogP contribution in [-0.4, -0.2) is 34.2 Å². The van der Waals surface area contributed by atoms with E-state index in [1.54, 1.807) is 0 Å². The maximum atomic E-state index is 11.9. The topological polar surface area (TPSA) is 86.6 Å². The molecule has 110 valence electrons. The highest BCUT2D eigenvalue weighted by Gasteiger charge is 2.31. The summed E-state index contributed by atoms with van der Waals surface area (Å²) in [4.78, 5) is 22.6. The molecule has 0 saturated heterocycles. The van der Waals surface area contributed by atoms with Crippen LogP contribution in [0.5, 0.6) is 0 Å². The van der Waals surface area contributed by atoms with Gasteiger partial charge < -0.3 is 15.5 Å². The molecule has 1 unspecified atom stereocenters. The summed E-state index contributed by atoms with van der Waals surface area (Å²) in [6, 6.07) is 9.61. The Balaban J connectivity index is 2.61. The zero-order valence-electron chi connectivity index (χ0n) is 12.0. The lowest BCUT2D eigenvalue weighted by atomic mass is 9.81. The highest BCUT2D eigenvalue weighted by atomic mass is 16.4. The van der Waals surface area contributed by atoms with Crippen molar-refractivity contribution in [1.82, 2.24) is 5.32 Å². The Bertz CT molecular complexity index is 480. The number of carboxylic acid groups (broad SMARTS) is 1. The van der Waals surface area contributed by atoms with Crippen molar-refractivity contribution in [3.8, 4) is 0 Å². The number of carbonyl (C=O) groups is 2. The van der Waals surface area contributed by atoms with E-state index < -0.39 is 11.6 Å². The number of nitrogens with one attached hydrogen (secondary N) is 1. The van der Waals surface area contributed by atoms with Crippen LogP contribution in [0.25, 0.3) is 0 Å². The number of aliphatic hydroxyl groups is 1. The molecular weight excluding hydrogens is 258 g/mol. The number of amides is 1. The number of aliphatic carboxylic acids is 1. The van der Waals surface area contributed by atoms with E-state index in [2.05, 4.69) is 5.32 Å². The number of hydrogen-bond donors (Lipinski definition) is 3. The number of rotatable bonds is 6. The molecule has 0 radical (unpaired) electrons. The minimum absolute atomic E-state index is 0.215. The van der Waals surface area contributed by atoms with Crippen LogP contribution >= 0.6 is 0 Å². The van der Waals surface area contributed by atoms with Crippen molar-refractivity contribution in [3.05, 3.63) is 35.9 Å². The minimum Gasteiger partial charge on any atom is -0.479 e. The second kappa shape index (κ2) is 6.05. The molecule has 1 aromatic carbocycles. The monoisotopic (exact) mass is 279 g/mol. The number of benzene rings is 1. The van der Waals surface area contributed by atoms with Gasteiger partial charge in [0.25, 0.3) is 0 Å². The molecule has 0 saturated carbocycles. The maximum absolute atomic E-state index is 11.9. The third-order valence-corrected chi connectivity index (χ3v) is 3.25. The van der Waals surface area contributed by atoms with E-state index in [1.165, 1.54) is 0 Å². The minimum atomic E-state index is -1.95. The predicted octanol–water partition coefficient (Wildman–Crippen LogP) is 1.31. The third-order valence-electron chi connectivity index (χ3n) is 3.25.